The zero-order chi connectivity index (χ0) is 14.8. The van der Waals surface area contributed by atoms with Gasteiger partial charge in [0.1, 0.15) is 5.82 Å². The summed E-state index contributed by atoms with van der Waals surface area (Å²) >= 11 is 12.0. The largest absolute Gasteiger partial charge is 0.357 e. The molecule has 0 unspecified atom stereocenters. The lowest BCUT2D eigenvalue weighted by Gasteiger charge is -2.11. The third-order valence-electron chi connectivity index (χ3n) is 2.95. The molecule has 3 aromatic rings. The Bertz CT molecular complexity index is 785. The van der Waals surface area contributed by atoms with Gasteiger partial charge < -0.3 is 10.6 Å². The molecule has 2 N–H and O–H groups in total. The van der Waals surface area contributed by atoms with Crippen molar-refractivity contribution in [2.24, 2.45) is 0 Å². The highest BCUT2D eigenvalue weighted by atomic mass is 35.5. The van der Waals surface area contributed by atoms with E-state index in [4.69, 9.17) is 23.2 Å². The first-order valence-corrected chi connectivity index (χ1v) is 7.09. The van der Waals surface area contributed by atoms with Gasteiger partial charge >= 0.3 is 0 Å². The van der Waals surface area contributed by atoms with E-state index < -0.39 is 0 Å². The zero-order valence-corrected chi connectivity index (χ0v) is 12.7. The molecule has 0 spiro atoms. The van der Waals surface area contributed by atoms with Crippen LogP contribution in [-0.4, -0.2) is 17.0 Å². The molecule has 0 saturated heterocycles. The average Bonchev–Trinajstić information content (AvgIpc) is 2.46. The highest BCUT2D eigenvalue weighted by Gasteiger charge is 2.07. The Hall–Kier alpha value is -2.04. The maximum atomic E-state index is 6.02. The van der Waals surface area contributed by atoms with Crippen LogP contribution in [0.4, 0.5) is 17.5 Å². The van der Waals surface area contributed by atoms with Gasteiger partial charge in [0.05, 0.1) is 5.52 Å². The van der Waals surface area contributed by atoms with Gasteiger partial charge in [-0.25, -0.2) is 4.98 Å². The lowest BCUT2D eigenvalue weighted by Crippen LogP contribution is -2.01. The Balaban J connectivity index is 2.10. The number of para-hydroxylation sites is 1. The molecule has 0 aliphatic heterocycles. The van der Waals surface area contributed by atoms with Crippen molar-refractivity contribution in [1.29, 1.82) is 0 Å². The van der Waals surface area contributed by atoms with Crippen LogP contribution in [0.1, 0.15) is 0 Å². The fourth-order valence-corrected chi connectivity index (χ4v) is 2.57. The fraction of sp³-hybridized carbons (Fsp3) is 0.0667. The second kappa shape index (κ2) is 5.76. The van der Waals surface area contributed by atoms with Gasteiger partial charge in [0.2, 0.25) is 5.95 Å². The van der Waals surface area contributed by atoms with Gasteiger partial charge in [0, 0.05) is 28.2 Å². The molecule has 0 fully saturated rings. The van der Waals surface area contributed by atoms with Gasteiger partial charge in [-0.1, -0.05) is 35.3 Å². The number of halogens is 2. The molecule has 21 heavy (non-hydrogen) atoms. The van der Waals surface area contributed by atoms with Crippen LogP contribution in [0.5, 0.6) is 0 Å². The number of fused-ring (bicyclic) bond motifs is 1. The molecule has 0 atom stereocenters. The van der Waals surface area contributed by atoms with Gasteiger partial charge in [-0.05, 0) is 30.3 Å². The van der Waals surface area contributed by atoms with Crippen molar-refractivity contribution >= 4 is 51.6 Å². The predicted molar refractivity (Wildman–Crippen MR) is 88.8 cm³/mol. The van der Waals surface area contributed by atoms with E-state index in [1.807, 2.05) is 24.3 Å². The van der Waals surface area contributed by atoms with Crippen LogP contribution in [-0.2, 0) is 0 Å². The molecular formula is C15H12Cl2N4. The number of anilines is 3. The number of benzene rings is 2. The Labute approximate surface area is 132 Å². The SMILES string of the molecule is CNc1nc(Nc2cc(Cl)cc(Cl)c2)c2ccccc2n1. The van der Waals surface area contributed by atoms with E-state index in [0.29, 0.717) is 21.8 Å². The van der Waals surface area contributed by atoms with Crippen LogP contribution in [0, 0.1) is 0 Å². The van der Waals surface area contributed by atoms with Crippen LogP contribution in [0.2, 0.25) is 10.0 Å². The molecule has 0 radical (unpaired) electrons. The number of aromatic nitrogens is 2. The van der Waals surface area contributed by atoms with Crippen molar-refractivity contribution in [3.05, 3.63) is 52.5 Å². The molecule has 0 amide bonds. The molecule has 3 rings (SSSR count). The van der Waals surface area contributed by atoms with Gasteiger partial charge in [-0.3, -0.25) is 0 Å². The first-order valence-electron chi connectivity index (χ1n) is 6.33. The molecule has 0 aliphatic rings. The topological polar surface area (TPSA) is 49.8 Å². The maximum absolute atomic E-state index is 6.02. The monoisotopic (exact) mass is 318 g/mol. The number of hydrogen-bond donors (Lipinski definition) is 2. The second-order valence-corrected chi connectivity index (χ2v) is 5.32. The fourth-order valence-electron chi connectivity index (χ4n) is 2.05. The number of nitrogens with zero attached hydrogens (tertiary/aromatic N) is 2. The summed E-state index contributed by atoms with van der Waals surface area (Å²) in [7, 11) is 1.78. The summed E-state index contributed by atoms with van der Waals surface area (Å²) in [5, 5.41) is 8.25. The van der Waals surface area contributed by atoms with Crippen LogP contribution >= 0.6 is 23.2 Å². The highest BCUT2D eigenvalue weighted by molar-refractivity contribution is 6.35. The maximum Gasteiger partial charge on any atom is 0.224 e. The van der Waals surface area contributed by atoms with Gasteiger partial charge in [0.15, 0.2) is 0 Å². The van der Waals surface area contributed by atoms with E-state index in [1.165, 1.54) is 0 Å². The highest BCUT2D eigenvalue weighted by Crippen LogP contribution is 2.28. The summed E-state index contributed by atoms with van der Waals surface area (Å²) in [6, 6.07) is 13.1. The van der Waals surface area contributed by atoms with Crippen molar-refractivity contribution in [1.82, 2.24) is 9.97 Å². The van der Waals surface area contributed by atoms with E-state index in [1.54, 1.807) is 25.2 Å². The first-order chi connectivity index (χ1) is 10.2. The number of hydrogen-bond acceptors (Lipinski definition) is 4. The molecule has 0 bridgehead atoms. The second-order valence-electron chi connectivity index (χ2n) is 4.45. The lowest BCUT2D eigenvalue weighted by molar-refractivity contribution is 1.19. The van der Waals surface area contributed by atoms with E-state index in [0.717, 1.165) is 16.6 Å². The molecular weight excluding hydrogens is 307 g/mol. The van der Waals surface area contributed by atoms with Crippen molar-refractivity contribution in [2.75, 3.05) is 17.7 Å². The summed E-state index contributed by atoms with van der Waals surface area (Å²) in [5.41, 5.74) is 1.63. The van der Waals surface area contributed by atoms with Gasteiger partial charge in [0.25, 0.3) is 0 Å². The Morgan fingerprint density at radius 2 is 1.67 bits per heavy atom. The third-order valence-corrected chi connectivity index (χ3v) is 3.39. The Morgan fingerprint density at radius 1 is 0.952 bits per heavy atom. The van der Waals surface area contributed by atoms with Crippen molar-refractivity contribution in [3.63, 3.8) is 0 Å². The minimum atomic E-state index is 0.546. The molecule has 2 aromatic carbocycles. The Morgan fingerprint density at radius 3 is 2.38 bits per heavy atom. The van der Waals surface area contributed by atoms with E-state index in [-0.39, 0.29) is 0 Å². The van der Waals surface area contributed by atoms with Gasteiger partial charge in [-0.2, -0.15) is 4.98 Å². The average molecular weight is 319 g/mol. The van der Waals surface area contributed by atoms with Crippen molar-refractivity contribution < 1.29 is 0 Å². The molecule has 1 aromatic heterocycles. The van der Waals surface area contributed by atoms with Gasteiger partial charge in [-0.15, -0.1) is 0 Å². The summed E-state index contributed by atoms with van der Waals surface area (Å²) in [4.78, 5) is 8.87. The van der Waals surface area contributed by atoms with E-state index in [9.17, 15) is 0 Å². The first kappa shape index (κ1) is 13.9. The minimum Gasteiger partial charge on any atom is -0.357 e. The molecule has 1 heterocycles. The Kier molecular flexibility index (Phi) is 3.82. The van der Waals surface area contributed by atoms with Crippen LogP contribution in [0.3, 0.4) is 0 Å². The standard InChI is InChI=1S/C15H12Cl2N4/c1-18-15-20-13-5-3-2-4-12(13)14(21-15)19-11-7-9(16)6-10(17)8-11/h2-8H,1H3,(H2,18,19,20,21). The molecule has 4 nitrogen and oxygen atoms in total. The smallest absolute Gasteiger partial charge is 0.224 e. The molecule has 106 valence electrons. The lowest BCUT2D eigenvalue weighted by atomic mass is 10.2. The molecule has 6 heteroatoms. The zero-order valence-electron chi connectivity index (χ0n) is 11.2. The predicted octanol–water partition coefficient (Wildman–Crippen LogP) is 4.72. The molecule has 0 saturated carbocycles. The normalized spacial score (nSPS) is 10.6. The van der Waals surface area contributed by atoms with Crippen LogP contribution in [0.25, 0.3) is 10.9 Å². The quantitative estimate of drug-likeness (QED) is 0.733. The summed E-state index contributed by atoms with van der Waals surface area (Å²) in [6.45, 7) is 0. The van der Waals surface area contributed by atoms with Crippen LogP contribution < -0.4 is 10.6 Å². The third kappa shape index (κ3) is 3.01. The van der Waals surface area contributed by atoms with E-state index in [2.05, 4.69) is 20.6 Å². The van der Waals surface area contributed by atoms with Crippen molar-refractivity contribution in [2.45, 2.75) is 0 Å². The minimum absolute atomic E-state index is 0.546. The van der Waals surface area contributed by atoms with Crippen molar-refractivity contribution in [3.8, 4) is 0 Å². The number of nitrogens with one attached hydrogen (secondary N) is 2. The summed E-state index contributed by atoms with van der Waals surface area (Å²) in [5.74, 6) is 1.24. The number of rotatable bonds is 3. The summed E-state index contributed by atoms with van der Waals surface area (Å²) in [6.07, 6.45) is 0. The molecule has 0 aliphatic carbocycles. The van der Waals surface area contributed by atoms with E-state index >= 15 is 0 Å². The van der Waals surface area contributed by atoms with Crippen LogP contribution in [0.15, 0.2) is 42.5 Å². The summed E-state index contributed by atoms with van der Waals surface area (Å²) < 4.78 is 0.